The molecule has 1 rings (SSSR count). The Morgan fingerprint density at radius 1 is 1.35 bits per heavy atom. The van der Waals surface area contributed by atoms with Gasteiger partial charge in [0.15, 0.2) is 0 Å². The molecule has 0 aliphatic carbocycles. The van der Waals surface area contributed by atoms with Gasteiger partial charge >= 0.3 is 5.97 Å². The Kier molecular flexibility index (Phi) is 4.31. The van der Waals surface area contributed by atoms with Crippen molar-refractivity contribution < 1.29 is 23.1 Å². The van der Waals surface area contributed by atoms with E-state index in [2.05, 4.69) is 4.74 Å². The van der Waals surface area contributed by atoms with Crippen LogP contribution in [0.25, 0.3) is 0 Å². The summed E-state index contributed by atoms with van der Waals surface area (Å²) < 4.78 is 30.3. The lowest BCUT2D eigenvalue weighted by Gasteiger charge is -2.06. The second kappa shape index (κ2) is 5.52. The Morgan fingerprint density at radius 3 is 2.47 bits per heavy atom. The van der Waals surface area contributed by atoms with Gasteiger partial charge in [-0.1, -0.05) is 0 Å². The zero-order valence-electron chi connectivity index (χ0n) is 9.55. The van der Waals surface area contributed by atoms with Gasteiger partial charge in [-0.3, -0.25) is 4.79 Å². The van der Waals surface area contributed by atoms with Crippen molar-refractivity contribution in [3.63, 3.8) is 0 Å². The van der Waals surface area contributed by atoms with E-state index in [1.807, 2.05) is 0 Å². The average molecular weight is 242 g/mol. The molecule has 5 heteroatoms. The summed E-state index contributed by atoms with van der Waals surface area (Å²) in [5.41, 5.74) is 0.0567. The summed E-state index contributed by atoms with van der Waals surface area (Å²) in [6.45, 7) is 2.14. The molecule has 0 fully saturated rings. The summed E-state index contributed by atoms with van der Waals surface area (Å²) in [5, 5.41) is 0. The molecule has 0 atom stereocenters. The normalized spacial score (nSPS) is 10.1. The first-order valence-electron chi connectivity index (χ1n) is 5.07. The summed E-state index contributed by atoms with van der Waals surface area (Å²) in [5.74, 6) is -2.81. The van der Waals surface area contributed by atoms with E-state index < -0.39 is 24.2 Å². The summed E-state index contributed by atoms with van der Waals surface area (Å²) in [6, 6.07) is 2.12. The third kappa shape index (κ3) is 2.87. The van der Waals surface area contributed by atoms with Crippen LogP contribution in [-0.4, -0.2) is 18.4 Å². The monoisotopic (exact) mass is 242 g/mol. The fourth-order valence-corrected chi connectivity index (χ4v) is 1.39. The molecule has 3 nitrogen and oxygen atoms in total. The third-order valence-corrected chi connectivity index (χ3v) is 2.28. The van der Waals surface area contributed by atoms with Crippen LogP contribution in [0.15, 0.2) is 12.1 Å². The summed E-state index contributed by atoms with van der Waals surface area (Å²) in [6.07, 6.45) is 0. The highest BCUT2D eigenvalue weighted by Crippen LogP contribution is 2.17. The highest BCUT2D eigenvalue weighted by molar-refractivity contribution is 6.40. The number of ether oxygens (including phenoxy) is 1. The van der Waals surface area contributed by atoms with Gasteiger partial charge in [-0.2, -0.15) is 0 Å². The molecule has 1 aromatic carbocycles. The van der Waals surface area contributed by atoms with Crippen molar-refractivity contribution in [1.82, 2.24) is 0 Å². The molecule has 0 aromatic heterocycles. The van der Waals surface area contributed by atoms with Gasteiger partial charge in [0.2, 0.25) is 0 Å². The van der Waals surface area contributed by atoms with Crippen molar-refractivity contribution in [1.29, 1.82) is 0 Å². The molecule has 0 heterocycles. The lowest BCUT2D eigenvalue weighted by Crippen LogP contribution is -2.18. The van der Waals surface area contributed by atoms with Crippen LogP contribution in [-0.2, 0) is 16.2 Å². The van der Waals surface area contributed by atoms with E-state index >= 15 is 0 Å². The van der Waals surface area contributed by atoms with Crippen LogP contribution in [0.3, 0.4) is 0 Å². The highest BCUT2D eigenvalue weighted by Gasteiger charge is 2.20. The molecule has 0 saturated carbocycles. The number of esters is 1. The molecule has 0 bridgehead atoms. The molecule has 92 valence electrons. The van der Waals surface area contributed by atoms with Crippen molar-refractivity contribution in [2.45, 2.75) is 20.5 Å². The number of alkyl halides is 1. The van der Waals surface area contributed by atoms with E-state index in [1.165, 1.54) is 13.0 Å². The molecule has 0 aliphatic rings. The molecule has 0 aliphatic heterocycles. The van der Waals surface area contributed by atoms with Crippen molar-refractivity contribution in [2.75, 3.05) is 6.61 Å². The minimum Gasteiger partial charge on any atom is -0.460 e. The van der Waals surface area contributed by atoms with Crippen LogP contribution in [0.5, 0.6) is 0 Å². The van der Waals surface area contributed by atoms with Gasteiger partial charge in [-0.05, 0) is 31.5 Å². The first-order valence-corrected chi connectivity index (χ1v) is 5.07. The summed E-state index contributed by atoms with van der Waals surface area (Å²) in [4.78, 5) is 22.7. The minimum atomic E-state index is -1.04. The van der Waals surface area contributed by atoms with Crippen molar-refractivity contribution in [3.05, 3.63) is 34.6 Å². The number of hydrogen-bond donors (Lipinski definition) is 0. The first-order chi connectivity index (χ1) is 8.01. The Balaban J connectivity index is 3.08. The van der Waals surface area contributed by atoms with Gasteiger partial charge in [0.25, 0.3) is 5.78 Å². The molecule has 0 saturated heterocycles. The van der Waals surface area contributed by atoms with Gasteiger partial charge in [-0.15, -0.1) is 0 Å². The minimum absolute atomic E-state index is 0.0641. The zero-order chi connectivity index (χ0) is 13.0. The second-order valence-electron chi connectivity index (χ2n) is 3.44. The Hall–Kier alpha value is -1.78. The van der Waals surface area contributed by atoms with Gasteiger partial charge in [0.1, 0.15) is 12.5 Å². The van der Waals surface area contributed by atoms with Gasteiger partial charge in [0.05, 0.1) is 6.61 Å². The van der Waals surface area contributed by atoms with Gasteiger partial charge in [0, 0.05) is 11.1 Å². The van der Waals surface area contributed by atoms with Crippen LogP contribution < -0.4 is 0 Å². The van der Waals surface area contributed by atoms with Crippen LogP contribution >= 0.6 is 0 Å². The molecule has 0 N–H and O–H groups in total. The third-order valence-electron chi connectivity index (χ3n) is 2.28. The van der Waals surface area contributed by atoms with E-state index in [1.54, 1.807) is 6.92 Å². The van der Waals surface area contributed by atoms with E-state index in [4.69, 9.17) is 0 Å². The first kappa shape index (κ1) is 13.3. The number of benzene rings is 1. The molecule has 1 aromatic rings. The van der Waals surface area contributed by atoms with Crippen LogP contribution in [0.2, 0.25) is 0 Å². The maximum atomic E-state index is 13.4. The number of ketones is 1. The average Bonchev–Trinajstić information content (AvgIpc) is 2.27. The van der Waals surface area contributed by atoms with E-state index in [0.717, 1.165) is 6.07 Å². The molecule has 0 spiro atoms. The number of hydrogen-bond acceptors (Lipinski definition) is 3. The van der Waals surface area contributed by atoms with Crippen molar-refractivity contribution in [3.8, 4) is 0 Å². The maximum absolute atomic E-state index is 13.4. The molecule has 0 amide bonds. The number of carbonyl (C=O) groups is 2. The Bertz CT molecular complexity index is 432. The number of aryl methyl sites for hydroxylation is 1. The van der Waals surface area contributed by atoms with Gasteiger partial charge < -0.3 is 4.74 Å². The highest BCUT2D eigenvalue weighted by atomic mass is 19.1. The fraction of sp³-hybridized carbons (Fsp3) is 0.333. The molecular weight excluding hydrogens is 230 g/mol. The standard InChI is InChI=1S/C12H12F2O3/c1-3-17-12(16)11(15)8-4-7(2)9(6-13)10(14)5-8/h4-5H,3,6H2,1-2H3. The fourth-order valence-electron chi connectivity index (χ4n) is 1.39. The van der Waals surface area contributed by atoms with E-state index in [0.29, 0.717) is 5.56 Å². The predicted molar refractivity (Wildman–Crippen MR) is 56.9 cm³/mol. The summed E-state index contributed by atoms with van der Waals surface area (Å²) in [7, 11) is 0. The number of halogens is 2. The lowest BCUT2D eigenvalue weighted by molar-refractivity contribution is -0.137. The maximum Gasteiger partial charge on any atom is 0.379 e. The zero-order valence-corrected chi connectivity index (χ0v) is 9.55. The summed E-state index contributed by atoms with van der Waals surface area (Å²) >= 11 is 0. The molecular formula is C12H12F2O3. The largest absolute Gasteiger partial charge is 0.460 e. The number of Topliss-reactive ketones (excluding diaryl/α,β-unsaturated/α-hetero) is 1. The van der Waals surface area contributed by atoms with E-state index in [-0.39, 0.29) is 17.7 Å². The number of rotatable bonds is 4. The number of carbonyl (C=O) groups excluding carboxylic acids is 2. The molecule has 17 heavy (non-hydrogen) atoms. The smallest absolute Gasteiger partial charge is 0.379 e. The van der Waals surface area contributed by atoms with Crippen LogP contribution in [0.1, 0.15) is 28.4 Å². The quantitative estimate of drug-likeness (QED) is 0.462. The van der Waals surface area contributed by atoms with Crippen molar-refractivity contribution in [2.24, 2.45) is 0 Å². The SMILES string of the molecule is CCOC(=O)C(=O)c1cc(C)c(CF)c(F)c1. The predicted octanol–water partition coefficient (Wildman–Crippen LogP) is 2.35. The molecule has 0 radical (unpaired) electrons. The van der Waals surface area contributed by atoms with Crippen molar-refractivity contribution >= 4 is 11.8 Å². The second-order valence-corrected chi connectivity index (χ2v) is 3.44. The molecule has 0 unspecified atom stereocenters. The van der Waals surface area contributed by atoms with E-state index in [9.17, 15) is 18.4 Å². The lowest BCUT2D eigenvalue weighted by atomic mass is 10.0. The Morgan fingerprint density at radius 2 is 2.00 bits per heavy atom. The Labute approximate surface area is 97.4 Å². The van der Waals surface area contributed by atoms with Crippen LogP contribution in [0.4, 0.5) is 8.78 Å². The van der Waals surface area contributed by atoms with Crippen LogP contribution in [0, 0.1) is 12.7 Å². The van der Waals surface area contributed by atoms with Gasteiger partial charge in [-0.25, -0.2) is 13.6 Å². The topological polar surface area (TPSA) is 43.4 Å².